The first-order valence-corrected chi connectivity index (χ1v) is 9.91. The molecule has 5 nitrogen and oxygen atoms in total. The molecule has 154 valence electrons. The molecular weight excluding hydrogens is 439 g/mol. The van der Waals surface area contributed by atoms with Crippen LogP contribution in [0.3, 0.4) is 0 Å². The van der Waals surface area contributed by atoms with Crippen LogP contribution in [0.15, 0.2) is 78.4 Å². The Hall–Kier alpha value is -3.55. The number of amides is 2. The molecule has 2 amide bonds. The van der Waals surface area contributed by atoms with Crippen molar-refractivity contribution >= 4 is 52.5 Å². The topological polar surface area (TPSA) is 58.6 Å². The van der Waals surface area contributed by atoms with Gasteiger partial charge in [0.25, 0.3) is 11.8 Å². The number of nitrogens with one attached hydrogen (secondary N) is 1. The highest BCUT2D eigenvalue weighted by Gasteiger charge is 2.34. The maximum Gasteiger partial charge on any atom is 0.270 e. The standard InChI is InChI=1S/C23H14ClFN2O3S/c24-19-8-4-5-14(20(19)25)13-18-21(28)26-23(31)27(22(18)29)15-9-11-17(12-10-15)30-16-6-2-1-3-7-16/h1-13H,(H,26,28,31). The molecule has 1 aliphatic heterocycles. The van der Waals surface area contributed by atoms with Crippen LogP contribution in [0.4, 0.5) is 10.1 Å². The predicted octanol–water partition coefficient (Wildman–Crippen LogP) is 5.10. The molecule has 1 aliphatic rings. The molecule has 0 aromatic heterocycles. The van der Waals surface area contributed by atoms with Crippen molar-refractivity contribution in [3.05, 3.63) is 94.8 Å². The fraction of sp³-hybridized carbons (Fsp3) is 0. The molecular formula is C23H14ClFN2O3S. The van der Waals surface area contributed by atoms with Crippen molar-refractivity contribution in [2.75, 3.05) is 4.90 Å². The number of para-hydroxylation sites is 1. The monoisotopic (exact) mass is 452 g/mol. The van der Waals surface area contributed by atoms with Gasteiger partial charge in [-0.3, -0.25) is 19.8 Å². The summed E-state index contributed by atoms with van der Waals surface area (Å²) in [5, 5.41) is 2.27. The minimum absolute atomic E-state index is 0.0189. The van der Waals surface area contributed by atoms with Crippen molar-refractivity contribution in [1.82, 2.24) is 5.32 Å². The van der Waals surface area contributed by atoms with Gasteiger partial charge in [-0.2, -0.15) is 0 Å². The highest BCUT2D eigenvalue weighted by molar-refractivity contribution is 7.80. The lowest BCUT2D eigenvalue weighted by atomic mass is 10.1. The van der Waals surface area contributed by atoms with Crippen LogP contribution in [0.25, 0.3) is 6.08 Å². The summed E-state index contributed by atoms with van der Waals surface area (Å²) in [7, 11) is 0. The fourth-order valence-electron chi connectivity index (χ4n) is 2.97. The van der Waals surface area contributed by atoms with Crippen molar-refractivity contribution in [3.63, 3.8) is 0 Å². The molecule has 1 saturated heterocycles. The van der Waals surface area contributed by atoms with Gasteiger partial charge >= 0.3 is 0 Å². The van der Waals surface area contributed by atoms with Crippen LogP contribution >= 0.6 is 23.8 Å². The summed E-state index contributed by atoms with van der Waals surface area (Å²) < 4.78 is 20.0. The Morgan fingerprint density at radius 3 is 2.32 bits per heavy atom. The molecule has 0 radical (unpaired) electrons. The van der Waals surface area contributed by atoms with Gasteiger partial charge in [-0.1, -0.05) is 41.9 Å². The Morgan fingerprint density at radius 2 is 1.61 bits per heavy atom. The van der Waals surface area contributed by atoms with Crippen LogP contribution in [0.5, 0.6) is 11.5 Å². The predicted molar refractivity (Wildman–Crippen MR) is 121 cm³/mol. The first-order chi connectivity index (χ1) is 14.9. The van der Waals surface area contributed by atoms with E-state index in [1.165, 1.54) is 18.2 Å². The number of thiocarbonyl (C=S) groups is 1. The molecule has 8 heteroatoms. The van der Waals surface area contributed by atoms with Crippen molar-refractivity contribution in [2.45, 2.75) is 0 Å². The second kappa shape index (κ2) is 8.67. The molecule has 0 saturated carbocycles. The zero-order valence-electron chi connectivity index (χ0n) is 15.8. The molecule has 1 fully saturated rings. The molecule has 31 heavy (non-hydrogen) atoms. The molecule has 1 heterocycles. The van der Waals surface area contributed by atoms with Crippen molar-refractivity contribution < 1.29 is 18.7 Å². The Kier molecular flexibility index (Phi) is 5.79. The average molecular weight is 453 g/mol. The van der Waals surface area contributed by atoms with Gasteiger partial charge in [-0.05, 0) is 60.8 Å². The summed E-state index contributed by atoms with van der Waals surface area (Å²) in [4.78, 5) is 26.6. The molecule has 0 aliphatic carbocycles. The van der Waals surface area contributed by atoms with E-state index in [1.807, 2.05) is 30.3 Å². The van der Waals surface area contributed by atoms with E-state index in [0.717, 1.165) is 11.0 Å². The summed E-state index contributed by atoms with van der Waals surface area (Å²) >= 11 is 11.0. The van der Waals surface area contributed by atoms with Gasteiger partial charge in [0, 0.05) is 5.56 Å². The highest BCUT2D eigenvalue weighted by Crippen LogP contribution is 2.28. The number of halogens is 2. The number of anilines is 1. The lowest BCUT2D eigenvalue weighted by Gasteiger charge is -2.29. The molecule has 3 aromatic rings. The molecule has 0 bridgehead atoms. The van der Waals surface area contributed by atoms with E-state index < -0.39 is 17.6 Å². The van der Waals surface area contributed by atoms with Crippen molar-refractivity contribution in [3.8, 4) is 11.5 Å². The summed E-state index contributed by atoms with van der Waals surface area (Å²) in [5.41, 5.74) is 0.178. The zero-order valence-corrected chi connectivity index (χ0v) is 17.4. The summed E-state index contributed by atoms with van der Waals surface area (Å²) in [5.74, 6) is -0.883. The third-order valence-electron chi connectivity index (χ3n) is 4.46. The Bertz CT molecular complexity index is 1210. The smallest absolute Gasteiger partial charge is 0.270 e. The number of rotatable bonds is 4. The molecule has 0 unspecified atom stereocenters. The second-order valence-electron chi connectivity index (χ2n) is 6.51. The Balaban J connectivity index is 1.63. The zero-order chi connectivity index (χ0) is 22.0. The van der Waals surface area contributed by atoms with Crippen molar-refractivity contribution in [2.24, 2.45) is 0 Å². The number of benzene rings is 3. The van der Waals surface area contributed by atoms with Crippen LogP contribution in [-0.2, 0) is 9.59 Å². The van der Waals surface area contributed by atoms with E-state index in [2.05, 4.69) is 5.32 Å². The van der Waals surface area contributed by atoms with Gasteiger partial charge in [-0.15, -0.1) is 0 Å². The van der Waals surface area contributed by atoms with E-state index in [9.17, 15) is 14.0 Å². The van der Waals surface area contributed by atoms with Gasteiger partial charge in [0.2, 0.25) is 0 Å². The largest absolute Gasteiger partial charge is 0.457 e. The summed E-state index contributed by atoms with van der Waals surface area (Å²) in [6.07, 6.45) is 1.15. The highest BCUT2D eigenvalue weighted by atomic mass is 35.5. The number of hydrogen-bond donors (Lipinski definition) is 1. The van der Waals surface area contributed by atoms with Crippen LogP contribution in [0.1, 0.15) is 5.56 Å². The summed E-state index contributed by atoms with van der Waals surface area (Å²) in [6, 6.07) is 20.2. The van der Waals surface area contributed by atoms with E-state index in [0.29, 0.717) is 17.2 Å². The van der Waals surface area contributed by atoms with Crippen LogP contribution in [-0.4, -0.2) is 16.9 Å². The molecule has 3 aromatic carbocycles. The third kappa shape index (κ3) is 4.33. The van der Waals surface area contributed by atoms with Crippen LogP contribution in [0.2, 0.25) is 5.02 Å². The Morgan fingerprint density at radius 1 is 0.935 bits per heavy atom. The third-order valence-corrected chi connectivity index (χ3v) is 5.03. The van der Waals surface area contributed by atoms with E-state index >= 15 is 0 Å². The molecule has 0 atom stereocenters. The lowest BCUT2D eigenvalue weighted by molar-refractivity contribution is -0.122. The molecule has 0 spiro atoms. The minimum Gasteiger partial charge on any atom is -0.457 e. The van der Waals surface area contributed by atoms with Gasteiger partial charge in [0.15, 0.2) is 5.11 Å². The summed E-state index contributed by atoms with van der Waals surface area (Å²) in [6.45, 7) is 0. The van der Waals surface area contributed by atoms with Gasteiger partial charge in [-0.25, -0.2) is 4.39 Å². The first-order valence-electron chi connectivity index (χ1n) is 9.12. The second-order valence-corrected chi connectivity index (χ2v) is 7.30. The Labute approximate surface area is 187 Å². The lowest BCUT2D eigenvalue weighted by Crippen LogP contribution is -2.54. The number of ether oxygens (including phenoxy) is 1. The maximum absolute atomic E-state index is 14.3. The van der Waals surface area contributed by atoms with Gasteiger partial charge < -0.3 is 4.74 Å². The number of hydrogen-bond acceptors (Lipinski definition) is 4. The van der Waals surface area contributed by atoms with E-state index in [4.69, 9.17) is 28.6 Å². The normalized spacial score (nSPS) is 15.2. The quantitative estimate of drug-likeness (QED) is 0.340. The van der Waals surface area contributed by atoms with Gasteiger partial charge in [0.1, 0.15) is 22.9 Å². The number of carbonyl (C=O) groups excluding carboxylic acids is 2. The van der Waals surface area contributed by atoms with E-state index in [-0.39, 0.29) is 21.3 Å². The fourth-order valence-corrected chi connectivity index (χ4v) is 3.43. The van der Waals surface area contributed by atoms with Crippen LogP contribution in [0, 0.1) is 5.82 Å². The SMILES string of the molecule is O=C1NC(=S)N(c2ccc(Oc3ccccc3)cc2)C(=O)C1=Cc1cccc(Cl)c1F. The van der Waals surface area contributed by atoms with E-state index in [1.54, 1.807) is 24.3 Å². The number of carbonyl (C=O) groups is 2. The number of nitrogens with zero attached hydrogens (tertiary/aromatic N) is 1. The first kappa shape index (κ1) is 20.7. The van der Waals surface area contributed by atoms with Crippen LogP contribution < -0.4 is 15.0 Å². The van der Waals surface area contributed by atoms with Crippen molar-refractivity contribution in [1.29, 1.82) is 0 Å². The minimum atomic E-state index is -0.723. The van der Waals surface area contributed by atoms with Gasteiger partial charge in [0.05, 0.1) is 10.7 Å². The molecule has 1 N–H and O–H groups in total. The molecule has 4 rings (SSSR count). The average Bonchev–Trinajstić information content (AvgIpc) is 2.76. The maximum atomic E-state index is 14.3.